The molecule has 0 aliphatic carbocycles. The summed E-state index contributed by atoms with van der Waals surface area (Å²) in [6.07, 6.45) is 3.62. The van der Waals surface area contributed by atoms with E-state index in [1.165, 1.54) is 0 Å². The van der Waals surface area contributed by atoms with Crippen LogP contribution in [0.25, 0.3) is 0 Å². The third-order valence-electron chi connectivity index (χ3n) is 4.10. The molecule has 6 nitrogen and oxygen atoms in total. The van der Waals surface area contributed by atoms with Crippen molar-refractivity contribution < 1.29 is 22.0 Å². The van der Waals surface area contributed by atoms with E-state index in [2.05, 4.69) is 4.98 Å². The van der Waals surface area contributed by atoms with E-state index >= 15 is 0 Å². The highest BCUT2D eigenvalue weighted by Gasteiger charge is 2.30. The molecule has 1 aliphatic heterocycles. The summed E-state index contributed by atoms with van der Waals surface area (Å²) in [5, 5.41) is 0. The molecule has 0 unspecified atom stereocenters. The lowest BCUT2D eigenvalue weighted by Gasteiger charge is -2.22. The fraction of sp³-hybridized carbons (Fsp3) is 0.312. The molecule has 0 spiro atoms. The molecular formula is C16H17F2N3O3S. The molecule has 1 N–H and O–H groups in total. The van der Waals surface area contributed by atoms with Crippen LogP contribution in [0.5, 0.6) is 0 Å². The quantitative estimate of drug-likeness (QED) is 0.897. The minimum absolute atomic E-state index is 0.0223. The minimum atomic E-state index is -4.17. The Morgan fingerprint density at radius 1 is 1.08 bits per heavy atom. The van der Waals surface area contributed by atoms with Crippen molar-refractivity contribution in [3.05, 3.63) is 53.9 Å². The normalized spacial score (nSPS) is 16.6. The SMILES string of the molecule is O=C(c1cc[nH]c1)N1CCCN(S(=O)(=O)c2cc(F)ccc2F)CC1. The molecule has 0 bridgehead atoms. The Kier molecular flexibility index (Phi) is 4.87. The van der Waals surface area contributed by atoms with Gasteiger partial charge in [-0.25, -0.2) is 17.2 Å². The van der Waals surface area contributed by atoms with Crippen molar-refractivity contribution in [2.24, 2.45) is 0 Å². The van der Waals surface area contributed by atoms with Gasteiger partial charge in [-0.05, 0) is 30.7 Å². The topological polar surface area (TPSA) is 73.5 Å². The third kappa shape index (κ3) is 3.57. The first-order chi connectivity index (χ1) is 11.9. The lowest BCUT2D eigenvalue weighted by atomic mass is 10.3. The van der Waals surface area contributed by atoms with E-state index in [-0.39, 0.29) is 25.5 Å². The number of amides is 1. The molecule has 9 heteroatoms. The van der Waals surface area contributed by atoms with Crippen LogP contribution in [0.4, 0.5) is 8.78 Å². The number of hydrogen-bond donors (Lipinski definition) is 1. The zero-order chi connectivity index (χ0) is 18.0. The summed E-state index contributed by atoms with van der Waals surface area (Å²) in [4.78, 5) is 16.0. The van der Waals surface area contributed by atoms with Gasteiger partial charge in [-0.3, -0.25) is 4.79 Å². The second kappa shape index (κ2) is 6.93. The van der Waals surface area contributed by atoms with Crippen LogP contribution >= 0.6 is 0 Å². The van der Waals surface area contributed by atoms with Crippen molar-refractivity contribution in [1.82, 2.24) is 14.2 Å². The van der Waals surface area contributed by atoms with Crippen LogP contribution in [0, 0.1) is 11.6 Å². The number of nitrogens with one attached hydrogen (secondary N) is 1. The average molecular weight is 369 g/mol. The van der Waals surface area contributed by atoms with Crippen LogP contribution in [0.2, 0.25) is 0 Å². The van der Waals surface area contributed by atoms with Gasteiger partial charge >= 0.3 is 0 Å². The van der Waals surface area contributed by atoms with Crippen molar-refractivity contribution in [3.8, 4) is 0 Å². The summed E-state index contributed by atoms with van der Waals surface area (Å²) in [5.74, 6) is -2.01. The van der Waals surface area contributed by atoms with E-state index in [0.717, 1.165) is 16.4 Å². The Morgan fingerprint density at radius 2 is 1.88 bits per heavy atom. The second-order valence-electron chi connectivity index (χ2n) is 5.72. The number of benzene rings is 1. The van der Waals surface area contributed by atoms with Gasteiger partial charge in [0, 0.05) is 38.6 Å². The predicted molar refractivity (Wildman–Crippen MR) is 86.4 cm³/mol. The molecule has 2 aromatic rings. The molecule has 2 heterocycles. The van der Waals surface area contributed by atoms with Gasteiger partial charge in [-0.15, -0.1) is 0 Å². The molecule has 1 aromatic heterocycles. The first-order valence-corrected chi connectivity index (χ1v) is 9.21. The van der Waals surface area contributed by atoms with Crippen molar-refractivity contribution in [2.75, 3.05) is 26.2 Å². The van der Waals surface area contributed by atoms with Gasteiger partial charge in [0.2, 0.25) is 10.0 Å². The van der Waals surface area contributed by atoms with Gasteiger partial charge in [0.15, 0.2) is 0 Å². The number of rotatable bonds is 3. The van der Waals surface area contributed by atoms with E-state index in [0.29, 0.717) is 24.6 Å². The average Bonchev–Trinajstić information content (AvgIpc) is 3.00. The number of carbonyl (C=O) groups is 1. The Morgan fingerprint density at radius 3 is 2.60 bits per heavy atom. The van der Waals surface area contributed by atoms with Gasteiger partial charge < -0.3 is 9.88 Å². The molecule has 25 heavy (non-hydrogen) atoms. The molecule has 1 amide bonds. The molecule has 0 radical (unpaired) electrons. The molecule has 134 valence electrons. The summed E-state index contributed by atoms with van der Waals surface area (Å²) >= 11 is 0. The monoisotopic (exact) mass is 369 g/mol. The van der Waals surface area contributed by atoms with E-state index in [1.807, 2.05) is 0 Å². The number of halogens is 2. The van der Waals surface area contributed by atoms with Gasteiger partial charge in [0.05, 0.1) is 5.56 Å². The lowest BCUT2D eigenvalue weighted by molar-refractivity contribution is 0.0764. The predicted octanol–water partition coefficient (Wildman–Crippen LogP) is 1.83. The number of hydrogen-bond acceptors (Lipinski definition) is 3. The maximum Gasteiger partial charge on any atom is 0.255 e. The summed E-state index contributed by atoms with van der Waals surface area (Å²) in [6.45, 7) is 0.728. The summed E-state index contributed by atoms with van der Waals surface area (Å²) in [5.41, 5.74) is 0.493. The second-order valence-corrected chi connectivity index (χ2v) is 7.63. The van der Waals surface area contributed by atoms with Crippen molar-refractivity contribution in [1.29, 1.82) is 0 Å². The van der Waals surface area contributed by atoms with Gasteiger partial charge in [0.1, 0.15) is 16.5 Å². The number of aromatic nitrogens is 1. The molecular weight excluding hydrogens is 352 g/mol. The molecule has 1 aromatic carbocycles. The van der Waals surface area contributed by atoms with Crippen molar-refractivity contribution in [3.63, 3.8) is 0 Å². The van der Waals surface area contributed by atoms with E-state index in [4.69, 9.17) is 0 Å². The highest BCUT2D eigenvalue weighted by molar-refractivity contribution is 7.89. The van der Waals surface area contributed by atoms with Crippen LogP contribution in [-0.2, 0) is 10.0 Å². The maximum absolute atomic E-state index is 13.9. The van der Waals surface area contributed by atoms with E-state index < -0.39 is 26.6 Å². The zero-order valence-corrected chi connectivity index (χ0v) is 14.1. The molecule has 1 aliphatic rings. The van der Waals surface area contributed by atoms with Crippen LogP contribution in [-0.4, -0.2) is 54.7 Å². The highest BCUT2D eigenvalue weighted by Crippen LogP contribution is 2.22. The fourth-order valence-corrected chi connectivity index (χ4v) is 4.34. The maximum atomic E-state index is 13.9. The van der Waals surface area contributed by atoms with Crippen molar-refractivity contribution >= 4 is 15.9 Å². The summed E-state index contributed by atoms with van der Waals surface area (Å²) in [6, 6.07) is 3.98. The molecule has 1 saturated heterocycles. The number of sulfonamides is 1. The van der Waals surface area contributed by atoms with Crippen LogP contribution in [0.1, 0.15) is 16.8 Å². The van der Waals surface area contributed by atoms with Gasteiger partial charge in [0.25, 0.3) is 5.91 Å². The van der Waals surface area contributed by atoms with Gasteiger partial charge in [-0.1, -0.05) is 0 Å². The third-order valence-corrected chi connectivity index (χ3v) is 6.01. The van der Waals surface area contributed by atoms with Crippen LogP contribution < -0.4 is 0 Å². The van der Waals surface area contributed by atoms with Gasteiger partial charge in [-0.2, -0.15) is 4.31 Å². The molecule has 0 atom stereocenters. The fourth-order valence-electron chi connectivity index (χ4n) is 2.79. The van der Waals surface area contributed by atoms with E-state index in [9.17, 15) is 22.0 Å². The highest BCUT2D eigenvalue weighted by atomic mass is 32.2. The summed E-state index contributed by atoms with van der Waals surface area (Å²) in [7, 11) is -4.17. The van der Waals surface area contributed by atoms with Crippen LogP contribution in [0.3, 0.4) is 0 Å². The number of carbonyl (C=O) groups excluding carboxylic acids is 1. The Balaban J connectivity index is 1.78. The first-order valence-electron chi connectivity index (χ1n) is 7.77. The molecule has 1 fully saturated rings. The minimum Gasteiger partial charge on any atom is -0.367 e. The standard InChI is InChI=1S/C16H17F2N3O3S/c17-13-2-3-14(18)15(10-13)25(23,24)21-7-1-6-20(8-9-21)16(22)12-4-5-19-11-12/h2-5,10-11,19H,1,6-9H2. The number of H-pyrrole nitrogens is 1. The Labute approximate surface area is 144 Å². The summed E-state index contributed by atoms with van der Waals surface area (Å²) < 4.78 is 53.6. The first kappa shape index (κ1) is 17.6. The van der Waals surface area contributed by atoms with Crippen LogP contribution in [0.15, 0.2) is 41.6 Å². The Bertz CT molecular complexity index is 869. The Hall–Kier alpha value is -2.26. The number of nitrogens with zero attached hydrogens (tertiary/aromatic N) is 2. The lowest BCUT2D eigenvalue weighted by Crippen LogP contribution is -2.37. The van der Waals surface area contributed by atoms with E-state index in [1.54, 1.807) is 23.4 Å². The smallest absolute Gasteiger partial charge is 0.255 e. The molecule has 0 saturated carbocycles. The number of aromatic amines is 1. The zero-order valence-electron chi connectivity index (χ0n) is 13.3. The van der Waals surface area contributed by atoms with Crippen molar-refractivity contribution in [2.45, 2.75) is 11.3 Å². The largest absolute Gasteiger partial charge is 0.367 e. The molecule has 3 rings (SSSR count).